The first-order chi connectivity index (χ1) is 6.66. The van der Waals surface area contributed by atoms with E-state index in [9.17, 15) is 4.79 Å². The van der Waals surface area contributed by atoms with Gasteiger partial charge in [0.05, 0.1) is 10.0 Å². The van der Waals surface area contributed by atoms with Crippen LogP contribution < -0.4 is 0 Å². The van der Waals surface area contributed by atoms with E-state index >= 15 is 0 Å². The Balaban J connectivity index is 2.84. The molecule has 0 saturated carbocycles. The van der Waals surface area contributed by atoms with Crippen LogP contribution >= 0.6 is 35.0 Å². The molecule has 0 aliphatic heterocycles. The molecule has 0 saturated heterocycles. The molecule has 0 bridgehead atoms. The lowest BCUT2D eigenvalue weighted by atomic mass is 10.1. The summed E-state index contributed by atoms with van der Waals surface area (Å²) >= 11 is 13.3. The van der Waals surface area contributed by atoms with E-state index in [-0.39, 0.29) is 5.78 Å². The highest BCUT2D eigenvalue weighted by Gasteiger charge is 2.11. The smallest absolute Gasteiger partial charge is 0.165 e. The molecule has 0 aliphatic carbocycles. The monoisotopic (exact) mass is 248 g/mol. The molecule has 0 fully saturated rings. The Morgan fingerprint density at radius 1 is 1.43 bits per heavy atom. The van der Waals surface area contributed by atoms with E-state index in [0.29, 0.717) is 22.0 Å². The third-order valence-electron chi connectivity index (χ3n) is 1.79. The average molecular weight is 249 g/mol. The Bertz CT molecular complexity index is 339. The van der Waals surface area contributed by atoms with E-state index in [0.717, 1.165) is 5.75 Å². The number of ketones is 1. The number of Topliss-reactive ketones (excluding diaryl/α,β-unsaturated/α-hetero) is 1. The number of benzene rings is 1. The first-order valence-electron chi connectivity index (χ1n) is 4.13. The molecule has 0 aromatic heterocycles. The second-order valence-corrected chi connectivity index (χ2v) is 4.54. The predicted octanol–water partition coefficient (Wildman–Crippen LogP) is 3.93. The van der Waals surface area contributed by atoms with Crippen LogP contribution in [0, 0.1) is 0 Å². The van der Waals surface area contributed by atoms with Crippen LogP contribution in [-0.4, -0.2) is 17.8 Å². The summed E-state index contributed by atoms with van der Waals surface area (Å²) in [5, 5.41) is 0.793. The lowest BCUT2D eigenvalue weighted by Crippen LogP contribution is -2.01. The van der Waals surface area contributed by atoms with Crippen molar-refractivity contribution < 1.29 is 4.79 Å². The summed E-state index contributed by atoms with van der Waals surface area (Å²) in [6, 6.07) is 5.12. The van der Waals surface area contributed by atoms with Crippen LogP contribution in [0.5, 0.6) is 0 Å². The van der Waals surface area contributed by atoms with E-state index in [1.165, 1.54) is 0 Å². The topological polar surface area (TPSA) is 17.1 Å². The molecule has 4 heteroatoms. The maximum absolute atomic E-state index is 11.6. The molecule has 1 aromatic rings. The fourth-order valence-corrected chi connectivity index (χ4v) is 1.84. The molecule has 14 heavy (non-hydrogen) atoms. The minimum Gasteiger partial charge on any atom is -0.294 e. The van der Waals surface area contributed by atoms with Gasteiger partial charge in [-0.25, -0.2) is 0 Å². The van der Waals surface area contributed by atoms with Crippen LogP contribution in [0.2, 0.25) is 10.0 Å². The highest BCUT2D eigenvalue weighted by atomic mass is 35.5. The van der Waals surface area contributed by atoms with Gasteiger partial charge in [-0.2, -0.15) is 11.8 Å². The highest BCUT2D eigenvalue weighted by Crippen LogP contribution is 2.26. The SMILES string of the molecule is CSCCC(=O)c1cccc(Cl)c1Cl. The molecule has 1 rings (SSSR count). The minimum atomic E-state index is 0.0480. The van der Waals surface area contributed by atoms with Gasteiger partial charge in [-0.3, -0.25) is 4.79 Å². The number of thioether (sulfide) groups is 1. The molecule has 0 aliphatic rings. The van der Waals surface area contributed by atoms with E-state index < -0.39 is 0 Å². The number of halogens is 2. The molecule has 0 unspecified atom stereocenters. The van der Waals surface area contributed by atoms with Gasteiger partial charge in [-0.1, -0.05) is 29.3 Å². The Morgan fingerprint density at radius 2 is 2.14 bits per heavy atom. The van der Waals surface area contributed by atoms with E-state index in [1.807, 2.05) is 6.26 Å². The fraction of sp³-hybridized carbons (Fsp3) is 0.300. The summed E-state index contributed by atoms with van der Waals surface area (Å²) in [4.78, 5) is 11.6. The summed E-state index contributed by atoms with van der Waals surface area (Å²) in [6.45, 7) is 0. The number of hydrogen-bond acceptors (Lipinski definition) is 2. The van der Waals surface area contributed by atoms with Crippen LogP contribution in [0.15, 0.2) is 18.2 Å². The van der Waals surface area contributed by atoms with Crippen molar-refractivity contribution in [3.8, 4) is 0 Å². The van der Waals surface area contributed by atoms with E-state index in [1.54, 1.807) is 30.0 Å². The molecule has 1 aromatic carbocycles. The van der Waals surface area contributed by atoms with Crippen LogP contribution in [-0.2, 0) is 0 Å². The molecular formula is C10H10Cl2OS. The van der Waals surface area contributed by atoms with Gasteiger partial charge in [0.25, 0.3) is 0 Å². The molecule has 0 N–H and O–H groups in total. The zero-order valence-electron chi connectivity index (χ0n) is 7.72. The van der Waals surface area contributed by atoms with Crippen LogP contribution in [0.3, 0.4) is 0 Å². The second-order valence-electron chi connectivity index (χ2n) is 2.77. The van der Waals surface area contributed by atoms with E-state index in [2.05, 4.69) is 0 Å². The van der Waals surface area contributed by atoms with Gasteiger partial charge in [0.15, 0.2) is 5.78 Å². The minimum absolute atomic E-state index is 0.0480. The summed E-state index contributed by atoms with van der Waals surface area (Å²) < 4.78 is 0. The van der Waals surface area contributed by atoms with Crippen LogP contribution in [0.25, 0.3) is 0 Å². The maximum atomic E-state index is 11.6. The molecule has 0 radical (unpaired) electrons. The van der Waals surface area contributed by atoms with Gasteiger partial charge in [0, 0.05) is 17.7 Å². The molecule has 1 nitrogen and oxygen atoms in total. The van der Waals surface area contributed by atoms with Crippen molar-refractivity contribution in [1.29, 1.82) is 0 Å². The molecule has 76 valence electrons. The standard InChI is InChI=1S/C10H10Cl2OS/c1-14-6-5-9(13)7-3-2-4-8(11)10(7)12/h2-4H,5-6H2,1H3. The first-order valence-corrected chi connectivity index (χ1v) is 6.28. The quantitative estimate of drug-likeness (QED) is 0.752. The second kappa shape index (κ2) is 5.64. The van der Waals surface area contributed by atoms with Crippen molar-refractivity contribution >= 4 is 40.7 Å². The Kier molecular flexibility index (Phi) is 4.79. The lowest BCUT2D eigenvalue weighted by Gasteiger charge is -2.03. The van der Waals surface area contributed by atoms with Gasteiger partial charge in [0.2, 0.25) is 0 Å². The normalized spacial score (nSPS) is 10.2. The third kappa shape index (κ3) is 2.91. The number of rotatable bonds is 4. The van der Waals surface area contributed by atoms with Crippen molar-refractivity contribution in [2.45, 2.75) is 6.42 Å². The third-order valence-corrected chi connectivity index (χ3v) is 3.22. The summed E-state index contributed by atoms with van der Waals surface area (Å²) in [7, 11) is 0. The Morgan fingerprint density at radius 3 is 2.79 bits per heavy atom. The summed E-state index contributed by atoms with van der Waals surface area (Å²) in [6.07, 6.45) is 2.47. The number of hydrogen-bond donors (Lipinski definition) is 0. The maximum Gasteiger partial charge on any atom is 0.165 e. The largest absolute Gasteiger partial charge is 0.294 e. The Hall–Kier alpha value is -0.180. The van der Waals surface area contributed by atoms with E-state index in [4.69, 9.17) is 23.2 Å². The highest BCUT2D eigenvalue weighted by molar-refractivity contribution is 7.98. The number of carbonyl (C=O) groups is 1. The van der Waals surface area contributed by atoms with Crippen molar-refractivity contribution in [1.82, 2.24) is 0 Å². The molecule has 0 spiro atoms. The first kappa shape index (κ1) is 11.9. The van der Waals surface area contributed by atoms with Gasteiger partial charge >= 0.3 is 0 Å². The van der Waals surface area contributed by atoms with Crippen LogP contribution in [0.4, 0.5) is 0 Å². The zero-order chi connectivity index (χ0) is 10.6. The lowest BCUT2D eigenvalue weighted by molar-refractivity contribution is 0.0989. The fourth-order valence-electron chi connectivity index (χ4n) is 1.05. The zero-order valence-corrected chi connectivity index (χ0v) is 10.0. The van der Waals surface area contributed by atoms with Crippen LogP contribution in [0.1, 0.15) is 16.8 Å². The van der Waals surface area contributed by atoms with Crippen molar-refractivity contribution in [3.05, 3.63) is 33.8 Å². The average Bonchev–Trinajstić information content (AvgIpc) is 2.18. The number of carbonyl (C=O) groups excluding carboxylic acids is 1. The van der Waals surface area contributed by atoms with Crippen molar-refractivity contribution in [3.63, 3.8) is 0 Å². The Labute approximate surface area is 97.8 Å². The van der Waals surface area contributed by atoms with Gasteiger partial charge in [-0.15, -0.1) is 0 Å². The molecular weight excluding hydrogens is 239 g/mol. The van der Waals surface area contributed by atoms with Crippen molar-refractivity contribution in [2.75, 3.05) is 12.0 Å². The van der Waals surface area contributed by atoms with Crippen molar-refractivity contribution in [2.24, 2.45) is 0 Å². The molecule has 0 amide bonds. The predicted molar refractivity (Wildman–Crippen MR) is 63.8 cm³/mol. The molecule has 0 heterocycles. The molecule has 0 atom stereocenters. The summed E-state index contributed by atoms with van der Waals surface area (Å²) in [5.41, 5.74) is 0.521. The van der Waals surface area contributed by atoms with Gasteiger partial charge < -0.3 is 0 Å². The summed E-state index contributed by atoms with van der Waals surface area (Å²) in [5.74, 6) is 0.855. The van der Waals surface area contributed by atoms with Gasteiger partial charge in [0.1, 0.15) is 0 Å². The van der Waals surface area contributed by atoms with Gasteiger partial charge in [-0.05, 0) is 18.4 Å².